The molecule has 0 aliphatic heterocycles. The molecule has 5 rings (SSSR count). The van der Waals surface area contributed by atoms with Crippen molar-refractivity contribution in [3.05, 3.63) is 88.9 Å². The van der Waals surface area contributed by atoms with Crippen LogP contribution < -0.4 is 80.3 Å². The molecule has 18 nitrogen and oxygen atoms in total. The van der Waals surface area contributed by atoms with Crippen LogP contribution in [0.5, 0.6) is 5.75 Å². The van der Waals surface area contributed by atoms with E-state index in [4.69, 9.17) is 27.4 Å². The molecule has 5 aromatic rings. The molecule has 0 bridgehead atoms. The fourth-order valence-corrected chi connectivity index (χ4v) is 6.53. The second-order valence-electron chi connectivity index (χ2n) is 9.62. The number of nitrogens with one attached hydrogen (secondary N) is 2. The van der Waals surface area contributed by atoms with E-state index in [1.54, 1.807) is 24.3 Å². The largest absolute Gasteiger partial charge is 1.00 e. The minimum Gasteiger partial charge on any atom is -0.691 e. The summed E-state index contributed by atoms with van der Waals surface area (Å²) in [7, 11) is -3.80. The predicted octanol–water partition coefficient (Wildman–Crippen LogP) is -0.736. The number of phenols is 1. The first-order valence-electron chi connectivity index (χ1n) is 13.7. The average molecular weight is 843 g/mol. The summed E-state index contributed by atoms with van der Waals surface area (Å²) in [6, 6.07) is 17.9. The van der Waals surface area contributed by atoms with Crippen molar-refractivity contribution in [3.8, 4) is 5.75 Å². The number of fused-ring (bicyclic) bond motifs is 1. The first-order chi connectivity index (χ1) is 24.6. The van der Waals surface area contributed by atoms with E-state index in [1.165, 1.54) is 48.5 Å². The zero-order valence-electron chi connectivity index (χ0n) is 27.1. The van der Waals surface area contributed by atoms with Gasteiger partial charge in [0, 0.05) is 22.3 Å². The standard InChI is InChI=1S/C28H21Cl2N7O11S3.2Na/c29-26-33-27(30)35-28(34-26)32-19-9-6-16-12-22(49-47-45-40)23(24(38)21(16)14-19)37-36-17-7-4-15(5-8-17)25(39)31-18-2-1-3-20(13-18)51(42,43)11-10-44-50-48-46-41;;/h1-9,12-14,38,40-41H,10-11H2,(H,31,39)(H,32,33,34,35);;/q;2*+1/p-2. The van der Waals surface area contributed by atoms with Crippen molar-refractivity contribution in [1.82, 2.24) is 15.0 Å². The summed E-state index contributed by atoms with van der Waals surface area (Å²) >= 11 is 12.4. The minimum atomic E-state index is -3.80. The van der Waals surface area contributed by atoms with Gasteiger partial charge in [0.15, 0.2) is 27.9 Å². The number of sulfone groups is 1. The van der Waals surface area contributed by atoms with Gasteiger partial charge in [0.2, 0.25) is 16.5 Å². The third kappa shape index (κ3) is 12.9. The molecule has 0 atom stereocenters. The molecule has 0 saturated heterocycles. The molecule has 1 heterocycles. The van der Waals surface area contributed by atoms with Crippen LogP contribution in [0.3, 0.4) is 0 Å². The fraction of sp³-hybridized carbons (Fsp3) is 0.0714. The summed E-state index contributed by atoms with van der Waals surface area (Å²) in [5, 5.41) is 52.6. The number of anilines is 3. The van der Waals surface area contributed by atoms with Gasteiger partial charge in [-0.15, -0.1) is 9.45 Å². The minimum absolute atomic E-state index is 0. The van der Waals surface area contributed by atoms with Crippen LogP contribution in [0.4, 0.5) is 28.7 Å². The van der Waals surface area contributed by atoms with Gasteiger partial charge >= 0.3 is 59.1 Å². The SMILES string of the molecule is O=C(Nc1cccc(S(=O)(=O)CCOSOO[O-])c1)c1ccc(N=Nc2c(SOO[O-])cc3ccc(Nc4nc(Cl)nc(Cl)n4)cc3c2O)cc1.[Na+].[Na+]. The van der Waals surface area contributed by atoms with E-state index in [0.717, 1.165) is 0 Å². The molecular weight excluding hydrogens is 823 g/mol. The number of azo groups is 1. The van der Waals surface area contributed by atoms with Gasteiger partial charge in [-0.05, 0) is 89.3 Å². The number of carbonyl (C=O) groups excluding carboxylic acids is 1. The number of carbonyl (C=O) groups is 1. The first-order valence-corrected chi connectivity index (χ1v) is 17.6. The van der Waals surface area contributed by atoms with Crippen LogP contribution in [0.2, 0.25) is 10.6 Å². The molecule has 266 valence electrons. The molecule has 4 aromatic carbocycles. The molecule has 25 heteroatoms. The zero-order chi connectivity index (χ0) is 36.4. The van der Waals surface area contributed by atoms with Crippen molar-refractivity contribution in [1.29, 1.82) is 0 Å². The molecule has 53 heavy (non-hydrogen) atoms. The Kier molecular flexibility index (Phi) is 18.5. The van der Waals surface area contributed by atoms with Crippen molar-refractivity contribution >= 4 is 103 Å². The first kappa shape index (κ1) is 45.2. The van der Waals surface area contributed by atoms with Crippen molar-refractivity contribution in [2.24, 2.45) is 10.2 Å². The average Bonchev–Trinajstić information content (AvgIpc) is 3.10. The Hall–Kier alpha value is -2.23. The second-order valence-corrected chi connectivity index (χ2v) is 13.7. The summed E-state index contributed by atoms with van der Waals surface area (Å²) in [4.78, 5) is 24.6. The summed E-state index contributed by atoms with van der Waals surface area (Å²) in [6.45, 7) is -0.299. The molecule has 3 N–H and O–H groups in total. The van der Waals surface area contributed by atoms with Crippen LogP contribution >= 0.6 is 47.6 Å². The molecule has 1 aromatic heterocycles. The van der Waals surface area contributed by atoms with Crippen molar-refractivity contribution in [2.75, 3.05) is 23.0 Å². The van der Waals surface area contributed by atoms with E-state index >= 15 is 0 Å². The van der Waals surface area contributed by atoms with Crippen LogP contribution in [-0.2, 0) is 32.8 Å². The monoisotopic (exact) mass is 841 g/mol. The van der Waals surface area contributed by atoms with E-state index < -0.39 is 21.5 Å². The number of halogens is 2. The van der Waals surface area contributed by atoms with Crippen LogP contribution in [0.15, 0.2) is 92.8 Å². The Morgan fingerprint density at radius 2 is 1.60 bits per heavy atom. The number of benzene rings is 4. The number of rotatable bonds is 16. The van der Waals surface area contributed by atoms with Crippen molar-refractivity contribution in [2.45, 2.75) is 9.79 Å². The molecule has 0 aliphatic carbocycles. The van der Waals surface area contributed by atoms with Crippen LogP contribution in [0.1, 0.15) is 10.4 Å². The third-order valence-corrected chi connectivity index (χ3v) is 9.43. The molecule has 0 aliphatic rings. The number of hydrogen-bond donors (Lipinski definition) is 3. The van der Waals surface area contributed by atoms with E-state index in [9.17, 15) is 28.8 Å². The molecule has 0 saturated carbocycles. The van der Waals surface area contributed by atoms with Crippen LogP contribution in [0, 0.1) is 0 Å². The van der Waals surface area contributed by atoms with Crippen LogP contribution in [0.25, 0.3) is 10.8 Å². The van der Waals surface area contributed by atoms with Gasteiger partial charge in [0.05, 0.1) is 39.9 Å². The van der Waals surface area contributed by atoms with Crippen LogP contribution in [-0.4, -0.2) is 46.7 Å². The molecule has 0 spiro atoms. The van der Waals surface area contributed by atoms with Gasteiger partial charge in [-0.2, -0.15) is 24.4 Å². The Bertz CT molecular complexity index is 2160. The maximum Gasteiger partial charge on any atom is 1.00 e. The van der Waals surface area contributed by atoms with Gasteiger partial charge in [0.1, 0.15) is 5.69 Å². The smallest absolute Gasteiger partial charge is 0.691 e. The maximum atomic E-state index is 12.9. The fourth-order valence-electron chi connectivity index (χ4n) is 4.22. The Morgan fingerprint density at radius 1 is 0.887 bits per heavy atom. The Morgan fingerprint density at radius 3 is 2.30 bits per heavy atom. The van der Waals surface area contributed by atoms with E-state index in [0.29, 0.717) is 28.5 Å². The molecule has 0 unspecified atom stereocenters. The number of aromatic hydroxyl groups is 1. The normalized spacial score (nSPS) is 11.2. The van der Waals surface area contributed by atoms with Crippen molar-refractivity contribution < 1.29 is 111 Å². The maximum absolute atomic E-state index is 12.9. The number of hydrogen-bond acceptors (Lipinski definition) is 19. The number of aromatic nitrogens is 3. The van der Waals surface area contributed by atoms with Gasteiger partial charge in [0.25, 0.3) is 5.91 Å². The zero-order valence-corrected chi connectivity index (χ0v) is 35.1. The number of amides is 1. The molecular formula is C28H19Cl2N7Na2O11S3. The van der Waals surface area contributed by atoms with Gasteiger partial charge < -0.3 is 26.3 Å². The summed E-state index contributed by atoms with van der Waals surface area (Å²) < 4.78 is 38.4. The molecule has 0 radical (unpaired) electrons. The number of phenolic OH excluding ortho intramolecular Hbond substituents is 1. The van der Waals surface area contributed by atoms with Gasteiger partial charge in [-0.1, -0.05) is 12.1 Å². The second kappa shape index (κ2) is 21.8. The summed E-state index contributed by atoms with van der Waals surface area (Å²) in [5.41, 5.74) is 1.08. The third-order valence-electron chi connectivity index (χ3n) is 6.43. The summed E-state index contributed by atoms with van der Waals surface area (Å²) in [6.07, 6.45) is 0. The van der Waals surface area contributed by atoms with E-state index in [-0.39, 0.29) is 133 Å². The van der Waals surface area contributed by atoms with Gasteiger partial charge in [-0.3, -0.25) is 19.1 Å². The molecule has 1 amide bonds. The van der Waals surface area contributed by atoms with E-state index in [2.05, 4.69) is 54.6 Å². The quantitative estimate of drug-likeness (QED) is 0.0276. The topological polar surface area (TPSA) is 251 Å². The van der Waals surface area contributed by atoms with Gasteiger partial charge in [-0.25, -0.2) is 8.42 Å². The Labute approximate surface area is 362 Å². The van der Waals surface area contributed by atoms with E-state index in [1.807, 2.05) is 0 Å². The predicted molar refractivity (Wildman–Crippen MR) is 180 cm³/mol. The Balaban J connectivity index is 0.00000378. The number of nitrogens with zero attached hydrogens (tertiary/aromatic N) is 5. The van der Waals surface area contributed by atoms with Crippen molar-refractivity contribution in [3.63, 3.8) is 0 Å². The molecule has 0 fully saturated rings. The summed E-state index contributed by atoms with van der Waals surface area (Å²) in [5.74, 6) is -1.24.